The van der Waals surface area contributed by atoms with Crippen molar-refractivity contribution in [3.8, 4) is 0 Å². The molecule has 0 rings (SSSR count). The molecule has 3 N–H and O–H groups in total. The molecule has 0 aliphatic heterocycles. The van der Waals surface area contributed by atoms with Gasteiger partial charge in [0.05, 0.1) is 27.2 Å². The highest BCUT2D eigenvalue weighted by atomic mass is 16.2. The number of carbonyl (C=O) groups excluding carboxylic acids is 2. The summed E-state index contributed by atoms with van der Waals surface area (Å²) in [6.45, 7) is 5.16. The van der Waals surface area contributed by atoms with Crippen LogP contribution in [0.5, 0.6) is 0 Å². The van der Waals surface area contributed by atoms with Crippen LogP contribution in [0.25, 0.3) is 0 Å². The Morgan fingerprint density at radius 1 is 1.27 bits per heavy atom. The van der Waals surface area contributed by atoms with Crippen LogP contribution in [0, 0.1) is 0 Å². The molecular formula is C10H22N3O2+. The summed E-state index contributed by atoms with van der Waals surface area (Å²) in [5.74, 6) is -1.09. The second kappa shape index (κ2) is 7.23. The number of rotatable bonds is 5. The molecule has 0 aliphatic rings. The Bertz CT molecular complexity index is 217. The smallest absolute Gasteiger partial charge is 0.309 e. The molecule has 0 aromatic carbocycles. The molecule has 2 amide bonds. The molecular weight excluding hydrogens is 194 g/mol. The fraction of sp³-hybridized carbons (Fsp3) is 0.800. The lowest BCUT2D eigenvalue weighted by Gasteiger charge is -2.11. The van der Waals surface area contributed by atoms with Gasteiger partial charge < -0.3 is 15.5 Å². The van der Waals surface area contributed by atoms with Crippen LogP contribution in [-0.4, -0.2) is 45.0 Å². The van der Waals surface area contributed by atoms with Crippen LogP contribution in [0.3, 0.4) is 0 Å². The van der Waals surface area contributed by atoms with Crippen molar-refractivity contribution in [3.63, 3.8) is 0 Å². The summed E-state index contributed by atoms with van der Waals surface area (Å²) in [4.78, 5) is 23.7. The van der Waals surface area contributed by atoms with Crippen LogP contribution in [0.15, 0.2) is 0 Å². The van der Waals surface area contributed by atoms with Gasteiger partial charge in [0, 0.05) is 6.04 Å². The lowest BCUT2D eigenvalue weighted by atomic mass is 10.2. The fourth-order valence-corrected chi connectivity index (χ4v) is 0.898. The molecule has 0 saturated heterocycles. The molecule has 0 heterocycles. The molecule has 0 aliphatic carbocycles. The minimum atomic E-state index is -0.545. The predicted molar refractivity (Wildman–Crippen MR) is 58.6 cm³/mol. The van der Waals surface area contributed by atoms with Crippen LogP contribution in [0.4, 0.5) is 0 Å². The van der Waals surface area contributed by atoms with E-state index in [0.29, 0.717) is 6.54 Å². The standard InChI is InChI=1S/C10H21N3O2/c1-5-8(2)12-10(15)9(14)11-6-7-13(3)4/h8H,5-7H2,1-4H3,(H,11,14)(H,12,15)/p+1/t8-/m0/s1. The lowest BCUT2D eigenvalue weighted by Crippen LogP contribution is -3.06. The van der Waals surface area contributed by atoms with Crippen LogP contribution in [-0.2, 0) is 9.59 Å². The number of hydrogen-bond acceptors (Lipinski definition) is 2. The molecule has 15 heavy (non-hydrogen) atoms. The second-order valence-corrected chi connectivity index (χ2v) is 4.00. The second-order valence-electron chi connectivity index (χ2n) is 4.00. The average molecular weight is 216 g/mol. The molecule has 0 aromatic rings. The normalized spacial score (nSPS) is 12.3. The highest BCUT2D eigenvalue weighted by molar-refractivity contribution is 6.35. The SMILES string of the molecule is CC[C@H](C)NC(=O)C(=O)NCC[NH+](C)C. The van der Waals surface area contributed by atoms with Gasteiger partial charge in [0.15, 0.2) is 0 Å². The molecule has 0 saturated carbocycles. The van der Waals surface area contributed by atoms with E-state index in [1.54, 1.807) is 0 Å². The summed E-state index contributed by atoms with van der Waals surface area (Å²) < 4.78 is 0. The minimum absolute atomic E-state index is 0.0442. The van der Waals surface area contributed by atoms with Gasteiger partial charge in [-0.05, 0) is 13.3 Å². The number of nitrogens with one attached hydrogen (secondary N) is 3. The molecule has 0 bridgehead atoms. The van der Waals surface area contributed by atoms with Crippen molar-refractivity contribution in [1.82, 2.24) is 10.6 Å². The molecule has 0 unspecified atom stereocenters. The third kappa shape index (κ3) is 6.90. The molecule has 0 fully saturated rings. The van der Waals surface area contributed by atoms with E-state index in [9.17, 15) is 9.59 Å². The summed E-state index contributed by atoms with van der Waals surface area (Å²) in [7, 11) is 3.98. The van der Waals surface area contributed by atoms with Gasteiger partial charge >= 0.3 is 11.8 Å². The first kappa shape index (κ1) is 13.9. The van der Waals surface area contributed by atoms with Gasteiger partial charge in [-0.2, -0.15) is 0 Å². The first-order valence-electron chi connectivity index (χ1n) is 5.35. The predicted octanol–water partition coefficient (Wildman–Crippen LogP) is -1.84. The van der Waals surface area contributed by atoms with Crippen molar-refractivity contribution in [2.24, 2.45) is 0 Å². The highest BCUT2D eigenvalue weighted by Gasteiger charge is 2.14. The van der Waals surface area contributed by atoms with Crippen LogP contribution in [0.1, 0.15) is 20.3 Å². The van der Waals surface area contributed by atoms with Crippen molar-refractivity contribution in [3.05, 3.63) is 0 Å². The van der Waals surface area contributed by atoms with Gasteiger partial charge in [0.1, 0.15) is 0 Å². The van der Waals surface area contributed by atoms with Crippen molar-refractivity contribution >= 4 is 11.8 Å². The maximum Gasteiger partial charge on any atom is 0.309 e. The summed E-state index contributed by atoms with van der Waals surface area (Å²) in [5, 5.41) is 5.18. The molecule has 5 nitrogen and oxygen atoms in total. The monoisotopic (exact) mass is 216 g/mol. The Balaban J connectivity index is 3.75. The first-order valence-corrected chi connectivity index (χ1v) is 5.35. The fourth-order valence-electron chi connectivity index (χ4n) is 0.898. The van der Waals surface area contributed by atoms with Crippen LogP contribution >= 0.6 is 0 Å². The Morgan fingerprint density at radius 3 is 2.33 bits per heavy atom. The minimum Gasteiger partial charge on any atom is -0.345 e. The molecule has 0 radical (unpaired) electrons. The van der Waals surface area contributed by atoms with Gasteiger partial charge in [0.25, 0.3) is 0 Å². The zero-order chi connectivity index (χ0) is 11.8. The van der Waals surface area contributed by atoms with E-state index in [4.69, 9.17) is 0 Å². The number of hydrogen-bond donors (Lipinski definition) is 3. The summed E-state index contributed by atoms with van der Waals surface area (Å²) in [6, 6.07) is 0.0442. The molecule has 0 aromatic heterocycles. The van der Waals surface area contributed by atoms with Crippen molar-refractivity contribution in [2.75, 3.05) is 27.2 Å². The maximum atomic E-state index is 11.3. The van der Waals surface area contributed by atoms with Crippen molar-refractivity contribution in [2.45, 2.75) is 26.3 Å². The van der Waals surface area contributed by atoms with E-state index in [2.05, 4.69) is 10.6 Å². The van der Waals surface area contributed by atoms with E-state index >= 15 is 0 Å². The van der Waals surface area contributed by atoms with E-state index in [1.807, 2.05) is 27.9 Å². The average Bonchev–Trinajstić information content (AvgIpc) is 2.16. The van der Waals surface area contributed by atoms with Gasteiger partial charge in [-0.15, -0.1) is 0 Å². The van der Waals surface area contributed by atoms with Crippen molar-refractivity contribution in [1.29, 1.82) is 0 Å². The molecule has 0 spiro atoms. The topological polar surface area (TPSA) is 62.6 Å². The quantitative estimate of drug-likeness (QED) is 0.473. The number of carbonyl (C=O) groups is 2. The third-order valence-electron chi connectivity index (χ3n) is 2.11. The van der Waals surface area contributed by atoms with Gasteiger partial charge in [-0.3, -0.25) is 9.59 Å². The first-order chi connectivity index (χ1) is 6.97. The van der Waals surface area contributed by atoms with E-state index < -0.39 is 11.8 Å². The number of amides is 2. The van der Waals surface area contributed by atoms with Gasteiger partial charge in [-0.1, -0.05) is 6.92 Å². The van der Waals surface area contributed by atoms with Gasteiger partial charge in [0.2, 0.25) is 0 Å². The zero-order valence-corrected chi connectivity index (χ0v) is 10.0. The Labute approximate surface area is 91.2 Å². The van der Waals surface area contributed by atoms with Crippen LogP contribution in [0.2, 0.25) is 0 Å². The Morgan fingerprint density at radius 2 is 1.87 bits per heavy atom. The number of likely N-dealkylation sites (N-methyl/N-ethyl adjacent to an activating group) is 1. The van der Waals surface area contributed by atoms with Crippen LogP contribution < -0.4 is 15.5 Å². The summed E-state index contributed by atoms with van der Waals surface area (Å²) in [5.41, 5.74) is 0. The summed E-state index contributed by atoms with van der Waals surface area (Å²) >= 11 is 0. The highest BCUT2D eigenvalue weighted by Crippen LogP contribution is 1.86. The number of quaternary nitrogens is 1. The summed E-state index contributed by atoms with van der Waals surface area (Å²) in [6.07, 6.45) is 0.820. The van der Waals surface area contributed by atoms with Gasteiger partial charge in [-0.25, -0.2) is 0 Å². The van der Waals surface area contributed by atoms with E-state index in [-0.39, 0.29) is 6.04 Å². The Hall–Kier alpha value is -1.10. The largest absolute Gasteiger partial charge is 0.345 e. The van der Waals surface area contributed by atoms with Crippen molar-refractivity contribution < 1.29 is 14.5 Å². The molecule has 5 heteroatoms. The lowest BCUT2D eigenvalue weighted by molar-refractivity contribution is -0.856. The van der Waals surface area contributed by atoms with E-state index in [0.717, 1.165) is 13.0 Å². The molecule has 1 atom stereocenters. The Kier molecular flexibility index (Phi) is 6.70. The third-order valence-corrected chi connectivity index (χ3v) is 2.11. The maximum absolute atomic E-state index is 11.3. The van der Waals surface area contributed by atoms with E-state index in [1.165, 1.54) is 4.90 Å². The molecule has 88 valence electrons. The zero-order valence-electron chi connectivity index (χ0n) is 10.0.